The minimum absolute atomic E-state index is 0.531. The molecule has 1 aromatic heterocycles. The number of nitriles is 1. The molecule has 0 unspecified atom stereocenters. The molecular formula is C17H11ClN2S. The van der Waals surface area contributed by atoms with Gasteiger partial charge in [0.15, 0.2) is 0 Å². The van der Waals surface area contributed by atoms with E-state index >= 15 is 0 Å². The average Bonchev–Trinajstić information content (AvgIpc) is 2.85. The lowest BCUT2D eigenvalue weighted by atomic mass is 10.0. The summed E-state index contributed by atoms with van der Waals surface area (Å²) in [5.41, 5.74) is 9.58. The van der Waals surface area contributed by atoms with Crippen molar-refractivity contribution < 1.29 is 0 Å². The average molecular weight is 311 g/mol. The Kier molecular flexibility index (Phi) is 3.66. The molecule has 3 rings (SSSR count). The molecule has 0 bridgehead atoms. The second-order valence-electron chi connectivity index (χ2n) is 4.54. The van der Waals surface area contributed by atoms with Crippen molar-refractivity contribution in [2.24, 2.45) is 0 Å². The summed E-state index contributed by atoms with van der Waals surface area (Å²) < 4.78 is 0. The van der Waals surface area contributed by atoms with Crippen LogP contribution in [0.1, 0.15) is 4.88 Å². The van der Waals surface area contributed by atoms with Gasteiger partial charge in [-0.25, -0.2) is 0 Å². The highest BCUT2D eigenvalue weighted by molar-refractivity contribution is 7.17. The smallest absolute Gasteiger partial charge is 0.129 e. The molecule has 1 heterocycles. The molecule has 0 aliphatic rings. The van der Waals surface area contributed by atoms with Gasteiger partial charge < -0.3 is 5.73 Å². The molecule has 0 saturated carbocycles. The van der Waals surface area contributed by atoms with Crippen LogP contribution in [0.4, 0.5) is 5.69 Å². The largest absolute Gasteiger partial charge is 0.396 e. The molecule has 0 saturated heterocycles. The van der Waals surface area contributed by atoms with Gasteiger partial charge in [0.05, 0.1) is 5.69 Å². The first-order chi connectivity index (χ1) is 10.2. The summed E-state index contributed by atoms with van der Waals surface area (Å²) >= 11 is 7.48. The van der Waals surface area contributed by atoms with Crippen molar-refractivity contribution in [3.8, 4) is 27.6 Å². The van der Waals surface area contributed by atoms with Crippen molar-refractivity contribution in [3.05, 3.63) is 64.5 Å². The zero-order chi connectivity index (χ0) is 14.8. The van der Waals surface area contributed by atoms with E-state index in [9.17, 15) is 5.26 Å². The van der Waals surface area contributed by atoms with Crippen LogP contribution in [0.25, 0.3) is 21.6 Å². The van der Waals surface area contributed by atoms with E-state index in [1.54, 1.807) is 0 Å². The van der Waals surface area contributed by atoms with E-state index in [2.05, 4.69) is 6.07 Å². The number of nitrogens with zero attached hydrogens (tertiary/aromatic N) is 1. The molecule has 21 heavy (non-hydrogen) atoms. The maximum Gasteiger partial charge on any atom is 0.129 e. The van der Waals surface area contributed by atoms with Crippen molar-refractivity contribution >= 4 is 28.6 Å². The fraction of sp³-hybridized carbons (Fsp3) is 0. The molecule has 2 nitrogen and oxygen atoms in total. The van der Waals surface area contributed by atoms with Crippen molar-refractivity contribution in [2.75, 3.05) is 5.73 Å². The lowest BCUT2D eigenvalue weighted by molar-refractivity contribution is 1.52. The monoisotopic (exact) mass is 310 g/mol. The van der Waals surface area contributed by atoms with Gasteiger partial charge in [-0.1, -0.05) is 54.1 Å². The number of hydrogen-bond acceptors (Lipinski definition) is 3. The van der Waals surface area contributed by atoms with Gasteiger partial charge in [-0.05, 0) is 23.3 Å². The van der Waals surface area contributed by atoms with E-state index in [0.29, 0.717) is 15.6 Å². The van der Waals surface area contributed by atoms with Crippen LogP contribution in [0, 0.1) is 11.3 Å². The van der Waals surface area contributed by atoms with Gasteiger partial charge >= 0.3 is 0 Å². The quantitative estimate of drug-likeness (QED) is 0.708. The Morgan fingerprint density at radius 2 is 1.71 bits per heavy atom. The maximum atomic E-state index is 9.26. The number of thiophene rings is 1. The van der Waals surface area contributed by atoms with Crippen molar-refractivity contribution in [2.45, 2.75) is 0 Å². The Balaban J connectivity index is 2.29. The summed E-state index contributed by atoms with van der Waals surface area (Å²) in [4.78, 5) is 1.50. The summed E-state index contributed by atoms with van der Waals surface area (Å²) in [6.45, 7) is 0. The van der Waals surface area contributed by atoms with Crippen LogP contribution < -0.4 is 5.73 Å². The van der Waals surface area contributed by atoms with E-state index in [1.165, 1.54) is 11.3 Å². The van der Waals surface area contributed by atoms with E-state index < -0.39 is 0 Å². The highest BCUT2D eigenvalue weighted by atomic mass is 35.5. The van der Waals surface area contributed by atoms with Crippen LogP contribution in [0.5, 0.6) is 0 Å². The predicted octanol–water partition coefficient (Wildman–Crippen LogP) is 5.19. The fourth-order valence-electron chi connectivity index (χ4n) is 2.25. The van der Waals surface area contributed by atoms with Gasteiger partial charge in [-0.3, -0.25) is 0 Å². The number of anilines is 1. The number of nitrogen functional groups attached to an aromatic ring is 1. The van der Waals surface area contributed by atoms with Crippen LogP contribution in [0.2, 0.25) is 5.02 Å². The second kappa shape index (κ2) is 5.61. The summed E-state index contributed by atoms with van der Waals surface area (Å²) in [5.74, 6) is 0. The lowest BCUT2D eigenvalue weighted by Gasteiger charge is -2.06. The third kappa shape index (κ3) is 2.52. The van der Waals surface area contributed by atoms with E-state index in [4.69, 9.17) is 17.3 Å². The topological polar surface area (TPSA) is 49.8 Å². The number of rotatable bonds is 2. The first-order valence-corrected chi connectivity index (χ1v) is 7.54. The Morgan fingerprint density at radius 1 is 1.00 bits per heavy atom. The van der Waals surface area contributed by atoms with E-state index in [0.717, 1.165) is 21.6 Å². The first-order valence-electron chi connectivity index (χ1n) is 6.34. The van der Waals surface area contributed by atoms with Crippen LogP contribution in [-0.4, -0.2) is 0 Å². The molecule has 0 fully saturated rings. The summed E-state index contributed by atoms with van der Waals surface area (Å²) in [6, 6.07) is 19.6. The van der Waals surface area contributed by atoms with Crippen LogP contribution in [-0.2, 0) is 0 Å². The zero-order valence-corrected chi connectivity index (χ0v) is 12.6. The second-order valence-corrected chi connectivity index (χ2v) is 5.99. The van der Waals surface area contributed by atoms with E-state index in [1.807, 2.05) is 54.6 Å². The number of hydrogen-bond donors (Lipinski definition) is 1. The van der Waals surface area contributed by atoms with Crippen LogP contribution >= 0.6 is 22.9 Å². The molecule has 3 aromatic rings. The number of halogens is 1. The maximum absolute atomic E-state index is 9.26. The zero-order valence-electron chi connectivity index (χ0n) is 11.0. The Hall–Kier alpha value is -2.28. The van der Waals surface area contributed by atoms with Gasteiger partial charge in [0, 0.05) is 15.5 Å². The Morgan fingerprint density at radius 3 is 2.38 bits per heavy atom. The molecule has 0 spiro atoms. The predicted molar refractivity (Wildman–Crippen MR) is 89.3 cm³/mol. The highest BCUT2D eigenvalue weighted by Crippen LogP contribution is 2.44. The van der Waals surface area contributed by atoms with Gasteiger partial charge in [-0.15, -0.1) is 11.3 Å². The van der Waals surface area contributed by atoms with Gasteiger partial charge in [-0.2, -0.15) is 5.26 Å². The molecule has 4 heteroatoms. The van der Waals surface area contributed by atoms with Gasteiger partial charge in [0.25, 0.3) is 0 Å². The highest BCUT2D eigenvalue weighted by Gasteiger charge is 2.18. The minimum Gasteiger partial charge on any atom is -0.396 e. The molecule has 0 aliphatic carbocycles. The molecule has 2 aromatic carbocycles. The van der Waals surface area contributed by atoms with Crippen molar-refractivity contribution in [3.63, 3.8) is 0 Å². The van der Waals surface area contributed by atoms with Crippen molar-refractivity contribution in [1.82, 2.24) is 0 Å². The molecule has 0 atom stereocenters. The lowest BCUT2D eigenvalue weighted by Crippen LogP contribution is -1.89. The van der Waals surface area contributed by atoms with Crippen LogP contribution in [0.15, 0.2) is 54.6 Å². The third-order valence-corrected chi connectivity index (χ3v) is 4.59. The fourth-order valence-corrected chi connectivity index (χ4v) is 3.48. The SMILES string of the molecule is N#Cc1sc(-c2cccc(Cl)c2)c(-c2ccccc2)c1N. The molecular weight excluding hydrogens is 300 g/mol. The Bertz CT molecular complexity index is 832. The molecule has 0 amide bonds. The van der Waals surface area contributed by atoms with Gasteiger partial charge in [0.2, 0.25) is 0 Å². The summed E-state index contributed by atoms with van der Waals surface area (Å²) in [6.07, 6.45) is 0. The van der Waals surface area contributed by atoms with Crippen molar-refractivity contribution in [1.29, 1.82) is 5.26 Å². The number of benzene rings is 2. The van der Waals surface area contributed by atoms with Crippen LogP contribution in [0.3, 0.4) is 0 Å². The molecule has 102 valence electrons. The summed E-state index contributed by atoms with van der Waals surface area (Å²) in [7, 11) is 0. The first kappa shape index (κ1) is 13.7. The standard InChI is InChI=1S/C17H11ClN2S/c18-13-8-4-7-12(9-13)17-15(11-5-2-1-3-6-11)16(20)14(10-19)21-17/h1-9H,20H2. The number of nitrogens with two attached hydrogens (primary N) is 1. The third-order valence-electron chi connectivity index (χ3n) is 3.20. The molecule has 0 radical (unpaired) electrons. The van der Waals surface area contributed by atoms with E-state index in [-0.39, 0.29) is 0 Å². The Labute approximate surface area is 132 Å². The normalized spacial score (nSPS) is 10.3. The minimum atomic E-state index is 0.531. The molecule has 0 aliphatic heterocycles. The molecule has 2 N–H and O–H groups in total. The van der Waals surface area contributed by atoms with Gasteiger partial charge in [0.1, 0.15) is 10.9 Å². The summed E-state index contributed by atoms with van der Waals surface area (Å²) in [5, 5.41) is 9.92.